The third-order valence-corrected chi connectivity index (χ3v) is 4.08. The summed E-state index contributed by atoms with van der Waals surface area (Å²) in [6, 6.07) is 7.95. The summed E-state index contributed by atoms with van der Waals surface area (Å²) < 4.78 is 0. The van der Waals surface area contributed by atoms with E-state index in [1.54, 1.807) is 0 Å². The smallest absolute Gasteiger partial charge is 0.254 e. The molecule has 0 aromatic heterocycles. The van der Waals surface area contributed by atoms with E-state index in [4.69, 9.17) is 0 Å². The molecule has 2 rings (SSSR count). The van der Waals surface area contributed by atoms with Crippen LogP contribution in [0.5, 0.6) is 0 Å². The lowest BCUT2D eigenvalue weighted by molar-refractivity contribution is 0.0638. The molecular weight excluding hydrogens is 264 g/mol. The molecule has 1 aliphatic carbocycles. The second-order valence-electron chi connectivity index (χ2n) is 5.66. The third-order valence-electron chi connectivity index (χ3n) is 4.08. The summed E-state index contributed by atoms with van der Waals surface area (Å²) in [5, 5.41) is 12.5. The number of amides is 1. The Morgan fingerprint density at radius 3 is 2.52 bits per heavy atom. The van der Waals surface area contributed by atoms with Gasteiger partial charge in [0.2, 0.25) is 0 Å². The van der Waals surface area contributed by atoms with Crippen LogP contribution in [-0.2, 0) is 0 Å². The quantitative estimate of drug-likeness (QED) is 0.812. The molecule has 0 radical (unpaired) electrons. The largest absolute Gasteiger partial charge is 0.395 e. The van der Waals surface area contributed by atoms with E-state index in [0.717, 1.165) is 31.5 Å². The van der Waals surface area contributed by atoms with Gasteiger partial charge in [0.25, 0.3) is 5.91 Å². The topological polar surface area (TPSA) is 52.6 Å². The highest BCUT2D eigenvalue weighted by Crippen LogP contribution is 2.25. The lowest BCUT2D eigenvalue weighted by atomic mass is 10.1. The van der Waals surface area contributed by atoms with Crippen LogP contribution in [0.2, 0.25) is 0 Å². The first-order valence-electron chi connectivity index (χ1n) is 8.02. The fourth-order valence-electron chi connectivity index (χ4n) is 2.94. The number of nitrogens with zero attached hydrogens (tertiary/aromatic N) is 1. The van der Waals surface area contributed by atoms with Crippen LogP contribution in [0.15, 0.2) is 24.3 Å². The average molecular weight is 290 g/mol. The highest BCUT2D eigenvalue weighted by molar-refractivity contribution is 5.94. The first kappa shape index (κ1) is 15.8. The van der Waals surface area contributed by atoms with Crippen molar-refractivity contribution in [2.24, 2.45) is 0 Å². The molecule has 0 heterocycles. The molecule has 1 saturated carbocycles. The van der Waals surface area contributed by atoms with Crippen molar-refractivity contribution in [1.82, 2.24) is 4.90 Å². The lowest BCUT2D eigenvalue weighted by Gasteiger charge is -2.28. The summed E-state index contributed by atoms with van der Waals surface area (Å²) in [7, 11) is 0. The Morgan fingerprint density at radius 2 is 1.95 bits per heavy atom. The number of anilines is 1. The van der Waals surface area contributed by atoms with Crippen LogP contribution < -0.4 is 5.32 Å². The van der Waals surface area contributed by atoms with Gasteiger partial charge >= 0.3 is 0 Å². The van der Waals surface area contributed by atoms with Gasteiger partial charge in [0.05, 0.1) is 6.61 Å². The summed E-state index contributed by atoms with van der Waals surface area (Å²) in [5.74, 6) is 0.0398. The first-order valence-corrected chi connectivity index (χ1v) is 8.02. The first-order chi connectivity index (χ1) is 10.3. The van der Waals surface area contributed by atoms with Crippen molar-refractivity contribution in [1.29, 1.82) is 0 Å². The zero-order valence-electron chi connectivity index (χ0n) is 12.8. The zero-order chi connectivity index (χ0) is 15.1. The molecule has 1 aromatic carbocycles. The van der Waals surface area contributed by atoms with Crippen LogP contribution in [0.4, 0.5) is 5.69 Å². The summed E-state index contributed by atoms with van der Waals surface area (Å²) in [4.78, 5) is 14.5. The van der Waals surface area contributed by atoms with Gasteiger partial charge in [-0.05, 0) is 43.5 Å². The van der Waals surface area contributed by atoms with Gasteiger partial charge in [-0.25, -0.2) is 0 Å². The van der Waals surface area contributed by atoms with Crippen molar-refractivity contribution >= 4 is 11.6 Å². The minimum atomic E-state index is 0.0262. The second kappa shape index (κ2) is 8.03. The van der Waals surface area contributed by atoms with Crippen LogP contribution in [0.3, 0.4) is 0 Å². The molecule has 0 bridgehead atoms. The number of hydrogen-bond donors (Lipinski definition) is 2. The number of aliphatic hydroxyl groups is 1. The van der Waals surface area contributed by atoms with Gasteiger partial charge in [0.15, 0.2) is 0 Å². The minimum Gasteiger partial charge on any atom is -0.395 e. The van der Waals surface area contributed by atoms with Crippen molar-refractivity contribution in [2.45, 2.75) is 45.1 Å². The van der Waals surface area contributed by atoms with E-state index >= 15 is 0 Å². The van der Waals surface area contributed by atoms with Gasteiger partial charge in [-0.2, -0.15) is 0 Å². The maximum Gasteiger partial charge on any atom is 0.254 e. The Balaban J connectivity index is 2.05. The molecule has 1 fully saturated rings. The van der Waals surface area contributed by atoms with Crippen LogP contribution in [-0.4, -0.2) is 41.7 Å². The second-order valence-corrected chi connectivity index (χ2v) is 5.66. The normalized spacial score (nSPS) is 15.1. The summed E-state index contributed by atoms with van der Waals surface area (Å²) in [6.45, 7) is 3.52. The molecule has 1 aliphatic rings. The number of carbonyl (C=O) groups excluding carboxylic acids is 1. The maximum absolute atomic E-state index is 12.6. The van der Waals surface area contributed by atoms with Crippen LogP contribution >= 0.6 is 0 Å². The number of aliphatic hydroxyl groups excluding tert-OH is 1. The summed E-state index contributed by atoms with van der Waals surface area (Å²) in [6.07, 6.45) is 5.55. The van der Waals surface area contributed by atoms with E-state index in [0.29, 0.717) is 18.2 Å². The van der Waals surface area contributed by atoms with Gasteiger partial charge < -0.3 is 15.3 Å². The SMILES string of the molecule is CCCNc1ccc(C(=O)N(CCO)C2CCCC2)cc1. The highest BCUT2D eigenvalue weighted by Gasteiger charge is 2.26. The van der Waals surface area contributed by atoms with Gasteiger partial charge in [0, 0.05) is 30.4 Å². The van der Waals surface area contributed by atoms with Crippen LogP contribution in [0.25, 0.3) is 0 Å². The lowest BCUT2D eigenvalue weighted by Crippen LogP contribution is -2.40. The molecule has 4 heteroatoms. The van der Waals surface area contributed by atoms with E-state index in [9.17, 15) is 9.90 Å². The predicted molar refractivity (Wildman–Crippen MR) is 85.6 cm³/mol. The van der Waals surface area contributed by atoms with Gasteiger partial charge in [-0.3, -0.25) is 4.79 Å². The Bertz CT molecular complexity index is 439. The molecule has 116 valence electrons. The third kappa shape index (κ3) is 4.21. The number of nitrogens with one attached hydrogen (secondary N) is 1. The molecule has 2 N–H and O–H groups in total. The molecule has 0 saturated heterocycles. The maximum atomic E-state index is 12.6. The van der Waals surface area contributed by atoms with E-state index in [2.05, 4.69) is 12.2 Å². The Hall–Kier alpha value is -1.55. The van der Waals surface area contributed by atoms with Crippen molar-refractivity contribution in [3.8, 4) is 0 Å². The summed E-state index contributed by atoms with van der Waals surface area (Å²) in [5.41, 5.74) is 1.75. The van der Waals surface area contributed by atoms with Crippen molar-refractivity contribution in [3.05, 3.63) is 29.8 Å². The van der Waals surface area contributed by atoms with Gasteiger partial charge in [0.1, 0.15) is 0 Å². The Labute approximate surface area is 127 Å². The number of carbonyl (C=O) groups is 1. The zero-order valence-corrected chi connectivity index (χ0v) is 12.8. The van der Waals surface area contributed by atoms with Crippen molar-refractivity contribution < 1.29 is 9.90 Å². The van der Waals surface area contributed by atoms with E-state index < -0.39 is 0 Å². The van der Waals surface area contributed by atoms with Crippen molar-refractivity contribution in [2.75, 3.05) is 25.0 Å². The fourth-order valence-corrected chi connectivity index (χ4v) is 2.94. The number of rotatable bonds is 7. The van der Waals surface area contributed by atoms with Crippen LogP contribution in [0, 0.1) is 0 Å². The molecule has 0 unspecified atom stereocenters. The molecule has 0 aliphatic heterocycles. The van der Waals surface area contributed by atoms with E-state index in [1.807, 2.05) is 29.2 Å². The Kier molecular flexibility index (Phi) is 6.05. The van der Waals surface area contributed by atoms with Gasteiger partial charge in [-0.1, -0.05) is 19.8 Å². The van der Waals surface area contributed by atoms with Gasteiger partial charge in [-0.15, -0.1) is 0 Å². The van der Waals surface area contributed by atoms with Crippen molar-refractivity contribution in [3.63, 3.8) is 0 Å². The molecule has 4 nitrogen and oxygen atoms in total. The minimum absolute atomic E-state index is 0.0262. The fraction of sp³-hybridized carbons (Fsp3) is 0.588. The number of benzene rings is 1. The monoisotopic (exact) mass is 290 g/mol. The molecule has 0 atom stereocenters. The van der Waals surface area contributed by atoms with Crippen LogP contribution in [0.1, 0.15) is 49.4 Å². The number of hydrogen-bond acceptors (Lipinski definition) is 3. The molecule has 21 heavy (non-hydrogen) atoms. The molecular formula is C17H26N2O2. The summed E-state index contributed by atoms with van der Waals surface area (Å²) >= 11 is 0. The molecule has 1 aromatic rings. The van der Waals surface area contributed by atoms with E-state index in [-0.39, 0.29) is 12.5 Å². The average Bonchev–Trinajstić information content (AvgIpc) is 3.04. The highest BCUT2D eigenvalue weighted by atomic mass is 16.3. The molecule has 0 spiro atoms. The standard InChI is InChI=1S/C17H26N2O2/c1-2-11-18-15-9-7-14(8-10-15)17(21)19(12-13-20)16-5-3-4-6-16/h7-10,16,18,20H,2-6,11-13H2,1H3. The Morgan fingerprint density at radius 1 is 1.29 bits per heavy atom. The molecule has 1 amide bonds. The van der Waals surface area contributed by atoms with E-state index in [1.165, 1.54) is 12.8 Å². The predicted octanol–water partition coefficient (Wildman–Crippen LogP) is 2.89.